The third-order valence-electron chi connectivity index (χ3n) is 1.90. The Bertz CT molecular complexity index is 156. The number of nitrogens with two attached hydrogens (primary N) is 1. The maximum absolute atomic E-state index is 9.33. The molecule has 1 aliphatic heterocycles. The van der Waals surface area contributed by atoms with Gasteiger partial charge in [-0.1, -0.05) is 0 Å². The molecule has 0 aromatic carbocycles. The van der Waals surface area contributed by atoms with Crippen molar-refractivity contribution in [3.63, 3.8) is 0 Å². The third-order valence-corrected chi connectivity index (χ3v) is 1.90. The lowest BCUT2D eigenvalue weighted by atomic mass is 10.1. The van der Waals surface area contributed by atoms with Gasteiger partial charge < -0.3 is 30.5 Å². The van der Waals surface area contributed by atoms with Crippen LogP contribution in [0.5, 0.6) is 0 Å². The van der Waals surface area contributed by atoms with E-state index in [0.29, 0.717) is 6.54 Å². The number of rotatable bonds is 4. The molecule has 0 spiro atoms. The van der Waals surface area contributed by atoms with Crippen molar-refractivity contribution in [2.75, 3.05) is 19.8 Å². The van der Waals surface area contributed by atoms with Crippen LogP contribution in [0, 0.1) is 0 Å². The van der Waals surface area contributed by atoms with Gasteiger partial charge in [0.1, 0.15) is 18.3 Å². The Kier molecular flexibility index (Phi) is 4.04. The van der Waals surface area contributed by atoms with E-state index in [9.17, 15) is 10.2 Å². The maximum atomic E-state index is 9.33. The van der Waals surface area contributed by atoms with Crippen molar-refractivity contribution < 1.29 is 24.8 Å². The Morgan fingerprint density at radius 1 is 1.31 bits per heavy atom. The highest BCUT2D eigenvalue weighted by Crippen LogP contribution is 2.21. The summed E-state index contributed by atoms with van der Waals surface area (Å²) in [5, 5.41) is 27.3. The van der Waals surface area contributed by atoms with E-state index in [-0.39, 0.29) is 13.2 Å². The lowest BCUT2D eigenvalue weighted by Gasteiger charge is -2.14. The first kappa shape index (κ1) is 10.8. The fourth-order valence-corrected chi connectivity index (χ4v) is 1.19. The van der Waals surface area contributed by atoms with E-state index >= 15 is 0 Å². The molecule has 1 saturated heterocycles. The molecule has 0 saturated carbocycles. The van der Waals surface area contributed by atoms with Gasteiger partial charge in [-0.25, -0.2) is 0 Å². The Morgan fingerprint density at radius 3 is 2.46 bits per heavy atom. The lowest BCUT2D eigenvalue weighted by Crippen LogP contribution is -2.35. The predicted octanol–water partition coefficient (Wildman–Crippen LogP) is -2.60. The van der Waals surface area contributed by atoms with Crippen LogP contribution in [0.25, 0.3) is 0 Å². The van der Waals surface area contributed by atoms with Gasteiger partial charge in [-0.3, -0.25) is 0 Å². The van der Waals surface area contributed by atoms with E-state index in [1.165, 1.54) is 0 Å². The van der Waals surface area contributed by atoms with Crippen molar-refractivity contribution in [3.05, 3.63) is 0 Å². The first-order valence-corrected chi connectivity index (χ1v) is 4.14. The highest BCUT2D eigenvalue weighted by Gasteiger charge is 2.42. The molecule has 1 heterocycles. The third kappa shape index (κ3) is 2.37. The fraction of sp³-hybridized carbons (Fsp3) is 1.00. The second-order valence-corrected chi connectivity index (χ2v) is 2.87. The predicted molar refractivity (Wildman–Crippen MR) is 42.8 cm³/mol. The minimum absolute atomic E-state index is 0.243. The van der Waals surface area contributed by atoms with Crippen molar-refractivity contribution in [1.82, 2.24) is 0 Å². The molecule has 6 heteroatoms. The normalized spacial score (nSPS) is 39.7. The molecule has 4 atom stereocenters. The second-order valence-electron chi connectivity index (χ2n) is 2.87. The van der Waals surface area contributed by atoms with Gasteiger partial charge in [-0.05, 0) is 0 Å². The average Bonchev–Trinajstić information content (AvgIpc) is 2.41. The molecule has 1 aliphatic rings. The summed E-state index contributed by atoms with van der Waals surface area (Å²) in [6, 6.07) is 0. The van der Waals surface area contributed by atoms with Crippen molar-refractivity contribution >= 4 is 0 Å². The highest BCUT2D eigenvalue weighted by atomic mass is 16.7. The number of ether oxygens (including phenoxy) is 2. The SMILES string of the molecule is NCCO[C@H]1O[C@H](CO)[C@@H](O)[C@H]1O. The van der Waals surface area contributed by atoms with Crippen LogP contribution in [-0.2, 0) is 9.47 Å². The Balaban J connectivity index is 2.40. The molecule has 0 aromatic heterocycles. The molecule has 0 radical (unpaired) electrons. The Hall–Kier alpha value is -0.240. The summed E-state index contributed by atoms with van der Waals surface area (Å²) in [6.07, 6.45) is -3.90. The highest BCUT2D eigenvalue weighted by molar-refractivity contribution is 4.86. The quantitative estimate of drug-likeness (QED) is 0.390. The molecule has 0 amide bonds. The molecular formula is C7H15NO5. The number of aliphatic hydroxyl groups excluding tert-OH is 3. The van der Waals surface area contributed by atoms with Crippen LogP contribution in [0.4, 0.5) is 0 Å². The number of hydrogen-bond donors (Lipinski definition) is 4. The van der Waals surface area contributed by atoms with Gasteiger partial charge in [-0.2, -0.15) is 0 Å². The molecule has 78 valence electrons. The van der Waals surface area contributed by atoms with Crippen molar-refractivity contribution in [3.8, 4) is 0 Å². The molecule has 0 bridgehead atoms. The zero-order valence-electron chi connectivity index (χ0n) is 7.17. The summed E-state index contributed by atoms with van der Waals surface area (Å²) in [6.45, 7) is 0.208. The van der Waals surface area contributed by atoms with Crippen LogP contribution in [0.15, 0.2) is 0 Å². The molecule has 1 rings (SSSR count). The fourth-order valence-electron chi connectivity index (χ4n) is 1.19. The molecule has 1 fully saturated rings. The summed E-state index contributed by atoms with van der Waals surface area (Å²) in [5.74, 6) is 0. The van der Waals surface area contributed by atoms with Gasteiger partial charge in [0.2, 0.25) is 0 Å². The molecular weight excluding hydrogens is 178 g/mol. The van der Waals surface area contributed by atoms with Crippen molar-refractivity contribution in [1.29, 1.82) is 0 Å². The van der Waals surface area contributed by atoms with Crippen LogP contribution >= 0.6 is 0 Å². The summed E-state index contributed by atoms with van der Waals surface area (Å²) < 4.78 is 10.0. The van der Waals surface area contributed by atoms with Gasteiger partial charge in [-0.15, -0.1) is 0 Å². The van der Waals surface area contributed by atoms with E-state index in [4.69, 9.17) is 20.3 Å². The zero-order chi connectivity index (χ0) is 9.84. The van der Waals surface area contributed by atoms with Gasteiger partial charge in [0, 0.05) is 6.54 Å². The van der Waals surface area contributed by atoms with Gasteiger partial charge >= 0.3 is 0 Å². The molecule has 5 N–H and O–H groups in total. The summed E-state index contributed by atoms with van der Waals surface area (Å²) in [4.78, 5) is 0. The molecule has 0 aromatic rings. The summed E-state index contributed by atoms with van der Waals surface area (Å²) >= 11 is 0. The van der Waals surface area contributed by atoms with E-state index in [2.05, 4.69) is 0 Å². The van der Waals surface area contributed by atoms with Crippen LogP contribution in [-0.4, -0.2) is 59.7 Å². The zero-order valence-corrected chi connectivity index (χ0v) is 7.17. The largest absolute Gasteiger partial charge is 0.394 e. The first-order valence-electron chi connectivity index (χ1n) is 4.14. The van der Waals surface area contributed by atoms with Gasteiger partial charge in [0.15, 0.2) is 6.29 Å². The second kappa shape index (κ2) is 4.85. The molecule has 13 heavy (non-hydrogen) atoms. The minimum Gasteiger partial charge on any atom is -0.394 e. The maximum Gasteiger partial charge on any atom is 0.186 e. The molecule has 0 aliphatic carbocycles. The number of aliphatic hydroxyl groups is 3. The van der Waals surface area contributed by atoms with Crippen LogP contribution < -0.4 is 5.73 Å². The number of hydrogen-bond acceptors (Lipinski definition) is 6. The smallest absolute Gasteiger partial charge is 0.186 e. The van der Waals surface area contributed by atoms with E-state index in [1.807, 2.05) is 0 Å². The van der Waals surface area contributed by atoms with E-state index < -0.39 is 24.6 Å². The standard InChI is InChI=1S/C7H15NO5/c8-1-2-12-7-6(11)5(10)4(3-9)13-7/h4-7,9-11H,1-3,8H2/t4-,5-,6-,7+/m1/s1. The summed E-state index contributed by atoms with van der Waals surface area (Å²) in [7, 11) is 0. The lowest BCUT2D eigenvalue weighted by molar-refractivity contribution is -0.167. The van der Waals surface area contributed by atoms with Crippen LogP contribution in [0.2, 0.25) is 0 Å². The Labute approximate surface area is 75.9 Å². The van der Waals surface area contributed by atoms with E-state index in [1.54, 1.807) is 0 Å². The monoisotopic (exact) mass is 193 g/mol. The summed E-state index contributed by atoms with van der Waals surface area (Å²) in [5.41, 5.74) is 5.18. The van der Waals surface area contributed by atoms with Crippen LogP contribution in [0.3, 0.4) is 0 Å². The Morgan fingerprint density at radius 2 is 2.00 bits per heavy atom. The first-order chi connectivity index (χ1) is 6.20. The average molecular weight is 193 g/mol. The minimum atomic E-state index is -1.12. The molecule has 0 unspecified atom stereocenters. The molecule has 6 nitrogen and oxygen atoms in total. The topological polar surface area (TPSA) is 105 Å². The van der Waals surface area contributed by atoms with Gasteiger partial charge in [0.25, 0.3) is 0 Å². The van der Waals surface area contributed by atoms with E-state index in [0.717, 1.165) is 0 Å². The van der Waals surface area contributed by atoms with Crippen molar-refractivity contribution in [2.24, 2.45) is 5.73 Å². The van der Waals surface area contributed by atoms with Crippen molar-refractivity contribution in [2.45, 2.75) is 24.6 Å². The van der Waals surface area contributed by atoms with Gasteiger partial charge in [0.05, 0.1) is 13.2 Å². The van der Waals surface area contributed by atoms with Crippen LogP contribution in [0.1, 0.15) is 0 Å².